The largest absolute Gasteiger partial charge is 0.383 e. The zero-order valence-corrected chi connectivity index (χ0v) is 15.9. The molecule has 0 bridgehead atoms. The highest BCUT2D eigenvalue weighted by Gasteiger charge is 2.11. The van der Waals surface area contributed by atoms with Gasteiger partial charge in [0.25, 0.3) is 0 Å². The Bertz CT molecular complexity index is 257. The smallest absolute Gasteiger partial charge is 0.191 e. The molecule has 0 atom stereocenters. The zero-order chi connectivity index (χ0) is 14.5. The SMILES string of the molecule is CCNC(=NCCOC1CCCCCC1)NCCOC.I. The van der Waals surface area contributed by atoms with Gasteiger partial charge in [-0.1, -0.05) is 25.7 Å². The second kappa shape index (κ2) is 14.8. The third kappa shape index (κ3) is 11.2. The fourth-order valence-electron chi connectivity index (χ4n) is 2.40. The van der Waals surface area contributed by atoms with E-state index < -0.39 is 0 Å². The third-order valence-corrected chi connectivity index (χ3v) is 3.46. The van der Waals surface area contributed by atoms with E-state index in [1.807, 2.05) is 0 Å². The maximum atomic E-state index is 5.93. The van der Waals surface area contributed by atoms with Crippen molar-refractivity contribution in [3.05, 3.63) is 0 Å². The molecule has 0 unspecified atom stereocenters. The van der Waals surface area contributed by atoms with Crippen LogP contribution >= 0.6 is 24.0 Å². The van der Waals surface area contributed by atoms with Gasteiger partial charge in [0, 0.05) is 20.2 Å². The molecule has 0 amide bonds. The zero-order valence-electron chi connectivity index (χ0n) is 13.5. The van der Waals surface area contributed by atoms with Crippen molar-refractivity contribution >= 4 is 29.9 Å². The standard InChI is InChI=1S/C15H31N3O2.HI/c1-3-16-15(17-10-12-19-2)18-11-13-20-14-8-6-4-5-7-9-14;/h14H,3-13H2,1-2H3,(H2,16,17,18);1H. The summed E-state index contributed by atoms with van der Waals surface area (Å²) < 4.78 is 10.9. The summed E-state index contributed by atoms with van der Waals surface area (Å²) in [6, 6.07) is 0. The van der Waals surface area contributed by atoms with Crippen LogP contribution in [0.1, 0.15) is 45.4 Å². The number of nitrogens with zero attached hydrogens (tertiary/aromatic N) is 1. The number of halogens is 1. The first-order chi connectivity index (χ1) is 9.86. The van der Waals surface area contributed by atoms with Crippen LogP contribution in [0.3, 0.4) is 0 Å². The molecule has 1 rings (SSSR count). The first-order valence-electron chi connectivity index (χ1n) is 7.99. The fraction of sp³-hybridized carbons (Fsp3) is 0.933. The molecule has 0 heterocycles. The Balaban J connectivity index is 0.00000400. The second-order valence-electron chi connectivity index (χ2n) is 5.16. The van der Waals surface area contributed by atoms with Crippen LogP contribution in [0, 0.1) is 0 Å². The van der Waals surface area contributed by atoms with Crippen LogP contribution in [0.15, 0.2) is 4.99 Å². The Morgan fingerprint density at radius 3 is 2.43 bits per heavy atom. The topological polar surface area (TPSA) is 54.9 Å². The first-order valence-corrected chi connectivity index (χ1v) is 7.99. The van der Waals surface area contributed by atoms with Crippen molar-refractivity contribution in [2.75, 3.05) is 40.0 Å². The number of methoxy groups -OCH3 is 1. The van der Waals surface area contributed by atoms with Crippen LogP contribution in [-0.4, -0.2) is 52.0 Å². The molecule has 0 spiro atoms. The first kappa shape index (κ1) is 20.9. The molecule has 0 saturated heterocycles. The van der Waals surface area contributed by atoms with Gasteiger partial charge in [0.2, 0.25) is 0 Å². The average molecular weight is 413 g/mol. The van der Waals surface area contributed by atoms with E-state index in [0.29, 0.717) is 25.9 Å². The number of rotatable bonds is 8. The molecule has 21 heavy (non-hydrogen) atoms. The highest BCUT2D eigenvalue weighted by molar-refractivity contribution is 14.0. The average Bonchev–Trinajstić information content (AvgIpc) is 2.72. The van der Waals surface area contributed by atoms with Gasteiger partial charge < -0.3 is 20.1 Å². The molecule has 5 nitrogen and oxygen atoms in total. The van der Waals surface area contributed by atoms with Crippen LogP contribution in [-0.2, 0) is 9.47 Å². The number of aliphatic imine (C=N–C) groups is 1. The molecule has 0 radical (unpaired) electrons. The minimum absolute atomic E-state index is 0. The summed E-state index contributed by atoms with van der Waals surface area (Å²) in [5.74, 6) is 0.842. The van der Waals surface area contributed by atoms with Crippen molar-refractivity contribution in [3.63, 3.8) is 0 Å². The normalized spacial score (nSPS) is 17.0. The number of nitrogens with one attached hydrogen (secondary N) is 2. The Kier molecular flexibility index (Phi) is 14.8. The molecule has 0 aliphatic heterocycles. The van der Waals surface area contributed by atoms with E-state index in [4.69, 9.17) is 9.47 Å². The molecular weight excluding hydrogens is 381 g/mol. The van der Waals surface area contributed by atoms with E-state index in [9.17, 15) is 0 Å². The maximum Gasteiger partial charge on any atom is 0.191 e. The second-order valence-corrected chi connectivity index (χ2v) is 5.16. The summed E-state index contributed by atoms with van der Waals surface area (Å²) >= 11 is 0. The molecule has 0 aromatic rings. The molecule has 0 aromatic carbocycles. The lowest BCUT2D eigenvalue weighted by atomic mass is 10.1. The molecule has 1 aliphatic carbocycles. The summed E-state index contributed by atoms with van der Waals surface area (Å²) in [6.45, 7) is 5.80. The lowest BCUT2D eigenvalue weighted by Gasteiger charge is -2.15. The van der Waals surface area contributed by atoms with E-state index in [-0.39, 0.29) is 24.0 Å². The lowest BCUT2D eigenvalue weighted by molar-refractivity contribution is 0.0487. The predicted molar refractivity (Wildman–Crippen MR) is 98.7 cm³/mol. The van der Waals surface area contributed by atoms with Gasteiger partial charge >= 0.3 is 0 Å². The quantitative estimate of drug-likeness (QED) is 0.211. The van der Waals surface area contributed by atoms with Crippen LogP contribution in [0.2, 0.25) is 0 Å². The van der Waals surface area contributed by atoms with Crippen LogP contribution in [0.5, 0.6) is 0 Å². The van der Waals surface area contributed by atoms with Crippen LogP contribution < -0.4 is 10.6 Å². The lowest BCUT2D eigenvalue weighted by Crippen LogP contribution is -2.39. The van der Waals surface area contributed by atoms with Gasteiger partial charge in [-0.2, -0.15) is 0 Å². The van der Waals surface area contributed by atoms with Crippen molar-refractivity contribution in [2.24, 2.45) is 4.99 Å². The van der Waals surface area contributed by atoms with Crippen molar-refractivity contribution in [3.8, 4) is 0 Å². The molecular formula is C15H32IN3O2. The minimum Gasteiger partial charge on any atom is -0.383 e. The van der Waals surface area contributed by atoms with Crippen molar-refractivity contribution in [1.29, 1.82) is 0 Å². The highest BCUT2D eigenvalue weighted by Crippen LogP contribution is 2.19. The molecule has 6 heteroatoms. The Morgan fingerprint density at radius 2 is 1.81 bits per heavy atom. The number of guanidine groups is 1. The summed E-state index contributed by atoms with van der Waals surface area (Å²) in [5, 5.41) is 6.45. The summed E-state index contributed by atoms with van der Waals surface area (Å²) in [7, 11) is 1.70. The predicted octanol–water partition coefficient (Wildman–Crippen LogP) is 2.55. The molecule has 1 fully saturated rings. The van der Waals surface area contributed by atoms with E-state index in [2.05, 4.69) is 22.5 Å². The number of ether oxygens (including phenoxy) is 2. The molecule has 2 N–H and O–H groups in total. The van der Waals surface area contributed by atoms with Gasteiger partial charge in [-0.05, 0) is 19.8 Å². The van der Waals surface area contributed by atoms with Crippen LogP contribution in [0.25, 0.3) is 0 Å². The van der Waals surface area contributed by atoms with Gasteiger partial charge in [-0.3, -0.25) is 4.99 Å². The number of hydrogen-bond donors (Lipinski definition) is 2. The van der Waals surface area contributed by atoms with E-state index in [0.717, 1.165) is 19.0 Å². The molecule has 0 aromatic heterocycles. The Hall–Kier alpha value is -0.0800. The van der Waals surface area contributed by atoms with Gasteiger partial charge in [0.15, 0.2) is 5.96 Å². The van der Waals surface area contributed by atoms with Crippen molar-refractivity contribution < 1.29 is 9.47 Å². The minimum atomic E-state index is 0. The maximum absolute atomic E-state index is 5.93. The monoisotopic (exact) mass is 413 g/mol. The fourth-order valence-corrected chi connectivity index (χ4v) is 2.40. The summed E-state index contributed by atoms with van der Waals surface area (Å²) in [4.78, 5) is 4.51. The summed E-state index contributed by atoms with van der Waals surface area (Å²) in [5.41, 5.74) is 0. The van der Waals surface area contributed by atoms with Crippen molar-refractivity contribution in [2.45, 2.75) is 51.6 Å². The van der Waals surface area contributed by atoms with E-state index >= 15 is 0 Å². The van der Waals surface area contributed by atoms with E-state index in [1.54, 1.807) is 7.11 Å². The van der Waals surface area contributed by atoms with Gasteiger partial charge in [0.1, 0.15) is 0 Å². The summed E-state index contributed by atoms with van der Waals surface area (Å²) in [6.07, 6.45) is 8.25. The molecule has 1 saturated carbocycles. The Labute approximate surface area is 146 Å². The van der Waals surface area contributed by atoms with Gasteiger partial charge in [-0.15, -0.1) is 24.0 Å². The highest BCUT2D eigenvalue weighted by atomic mass is 127. The Morgan fingerprint density at radius 1 is 1.10 bits per heavy atom. The van der Waals surface area contributed by atoms with Gasteiger partial charge in [-0.25, -0.2) is 0 Å². The molecule has 126 valence electrons. The molecule has 1 aliphatic rings. The van der Waals surface area contributed by atoms with Crippen LogP contribution in [0.4, 0.5) is 0 Å². The van der Waals surface area contributed by atoms with E-state index in [1.165, 1.54) is 38.5 Å². The van der Waals surface area contributed by atoms with Gasteiger partial charge in [0.05, 0.1) is 25.9 Å². The third-order valence-electron chi connectivity index (χ3n) is 3.46. The van der Waals surface area contributed by atoms with Crippen molar-refractivity contribution in [1.82, 2.24) is 10.6 Å². The number of hydrogen-bond acceptors (Lipinski definition) is 3.